The van der Waals surface area contributed by atoms with Crippen LogP contribution >= 0.6 is 11.3 Å². The van der Waals surface area contributed by atoms with E-state index in [1.54, 1.807) is 6.08 Å². The van der Waals surface area contributed by atoms with Crippen LogP contribution in [0.2, 0.25) is 0 Å². The molecular formula is C22H19NO3S. The number of rotatable bonds is 5. The van der Waals surface area contributed by atoms with Gasteiger partial charge in [0.15, 0.2) is 12.4 Å². The van der Waals surface area contributed by atoms with Crippen molar-refractivity contribution in [2.24, 2.45) is 0 Å². The Kier molecular flexibility index (Phi) is 5.12. The number of thiazole rings is 1. The molecule has 1 aliphatic rings. The highest BCUT2D eigenvalue weighted by atomic mass is 32.1. The molecule has 27 heavy (non-hydrogen) atoms. The summed E-state index contributed by atoms with van der Waals surface area (Å²) in [6.45, 7) is -0.248. The minimum Gasteiger partial charge on any atom is -0.454 e. The predicted molar refractivity (Wildman–Crippen MR) is 107 cm³/mol. The maximum atomic E-state index is 12.3. The lowest BCUT2D eigenvalue weighted by Crippen LogP contribution is -2.13. The van der Waals surface area contributed by atoms with Gasteiger partial charge >= 0.3 is 5.97 Å². The Morgan fingerprint density at radius 1 is 1.07 bits per heavy atom. The number of aryl methyl sites for hydroxylation is 2. The van der Waals surface area contributed by atoms with E-state index in [1.807, 2.05) is 42.5 Å². The van der Waals surface area contributed by atoms with E-state index in [0.29, 0.717) is 5.56 Å². The van der Waals surface area contributed by atoms with E-state index in [0.717, 1.165) is 34.5 Å². The van der Waals surface area contributed by atoms with Crippen LogP contribution in [0.5, 0.6) is 0 Å². The summed E-state index contributed by atoms with van der Waals surface area (Å²) in [5.74, 6) is -0.717. The molecule has 4 rings (SSSR count). The minimum absolute atomic E-state index is 0.176. The molecule has 1 aromatic heterocycles. The Morgan fingerprint density at radius 2 is 1.89 bits per heavy atom. The lowest BCUT2D eigenvalue weighted by atomic mass is 9.90. The molecule has 0 bridgehead atoms. The summed E-state index contributed by atoms with van der Waals surface area (Å²) < 4.78 is 6.16. The molecule has 2 aromatic carbocycles. The first-order valence-corrected chi connectivity index (χ1v) is 9.86. The molecule has 0 atom stereocenters. The van der Waals surface area contributed by atoms with Crippen molar-refractivity contribution in [2.45, 2.75) is 25.7 Å². The number of benzene rings is 2. The van der Waals surface area contributed by atoms with Crippen LogP contribution in [0.25, 0.3) is 16.3 Å². The second-order valence-corrected chi connectivity index (χ2v) is 7.64. The van der Waals surface area contributed by atoms with E-state index in [-0.39, 0.29) is 12.4 Å². The van der Waals surface area contributed by atoms with Crippen LogP contribution in [0.4, 0.5) is 0 Å². The third-order valence-electron chi connectivity index (χ3n) is 4.69. The smallest absolute Gasteiger partial charge is 0.331 e. The van der Waals surface area contributed by atoms with Crippen molar-refractivity contribution in [2.75, 3.05) is 6.61 Å². The number of esters is 1. The molecular weight excluding hydrogens is 358 g/mol. The fourth-order valence-electron chi connectivity index (χ4n) is 3.28. The van der Waals surface area contributed by atoms with Crippen molar-refractivity contribution in [3.05, 3.63) is 70.2 Å². The lowest BCUT2D eigenvalue weighted by Gasteiger charge is -2.16. The van der Waals surface area contributed by atoms with E-state index in [1.165, 1.54) is 35.0 Å². The van der Waals surface area contributed by atoms with Gasteiger partial charge in [-0.1, -0.05) is 24.3 Å². The van der Waals surface area contributed by atoms with Crippen molar-refractivity contribution in [1.82, 2.24) is 4.98 Å². The summed E-state index contributed by atoms with van der Waals surface area (Å²) in [5.41, 5.74) is 4.08. The van der Waals surface area contributed by atoms with Gasteiger partial charge in [-0.2, -0.15) is 0 Å². The van der Waals surface area contributed by atoms with Crippen LogP contribution in [0.3, 0.4) is 0 Å². The zero-order valence-electron chi connectivity index (χ0n) is 14.8. The quantitative estimate of drug-likeness (QED) is 0.370. The molecule has 0 radical (unpaired) electrons. The van der Waals surface area contributed by atoms with Gasteiger partial charge in [0.1, 0.15) is 5.01 Å². The first-order chi connectivity index (χ1) is 13.2. The number of ether oxygens (including phenoxy) is 1. The van der Waals surface area contributed by atoms with Gasteiger partial charge in [-0.25, -0.2) is 9.78 Å². The maximum absolute atomic E-state index is 12.3. The number of carbonyl (C=O) groups is 2. The van der Waals surface area contributed by atoms with Gasteiger partial charge in [0.2, 0.25) is 0 Å². The molecule has 0 spiro atoms. The van der Waals surface area contributed by atoms with E-state index < -0.39 is 5.97 Å². The van der Waals surface area contributed by atoms with Crippen LogP contribution in [-0.2, 0) is 22.4 Å². The summed E-state index contributed by atoms with van der Waals surface area (Å²) in [7, 11) is 0. The number of fused-ring (bicyclic) bond motifs is 2. The summed E-state index contributed by atoms with van der Waals surface area (Å²) in [6.07, 6.45) is 7.40. The zero-order valence-corrected chi connectivity index (χ0v) is 15.6. The third-order valence-corrected chi connectivity index (χ3v) is 5.69. The lowest BCUT2D eigenvalue weighted by molar-refractivity contribution is -0.136. The number of aromatic nitrogens is 1. The van der Waals surface area contributed by atoms with Crippen molar-refractivity contribution >= 4 is 39.4 Å². The van der Waals surface area contributed by atoms with Gasteiger partial charge in [0.25, 0.3) is 0 Å². The zero-order chi connectivity index (χ0) is 18.6. The fourth-order valence-corrected chi connectivity index (χ4v) is 4.15. The van der Waals surface area contributed by atoms with Crippen LogP contribution < -0.4 is 0 Å². The normalized spacial score (nSPS) is 13.6. The van der Waals surface area contributed by atoms with Gasteiger partial charge < -0.3 is 4.74 Å². The SMILES string of the molecule is O=C(/C=C/c1nc2ccccc2s1)OCC(=O)c1ccc2c(c1)CCCC2. The van der Waals surface area contributed by atoms with Crippen LogP contribution in [-0.4, -0.2) is 23.3 Å². The molecule has 1 heterocycles. The molecule has 5 heteroatoms. The highest BCUT2D eigenvalue weighted by Gasteiger charge is 2.14. The molecule has 0 amide bonds. The van der Waals surface area contributed by atoms with Crippen LogP contribution in [0, 0.1) is 0 Å². The van der Waals surface area contributed by atoms with Crippen molar-refractivity contribution < 1.29 is 14.3 Å². The molecule has 0 unspecified atom stereocenters. The molecule has 1 aliphatic carbocycles. The first kappa shape index (κ1) is 17.6. The van der Waals surface area contributed by atoms with E-state index in [2.05, 4.69) is 4.98 Å². The van der Waals surface area contributed by atoms with E-state index >= 15 is 0 Å². The van der Waals surface area contributed by atoms with E-state index in [4.69, 9.17) is 4.74 Å². The molecule has 3 aromatic rings. The molecule has 0 saturated carbocycles. The minimum atomic E-state index is -0.541. The van der Waals surface area contributed by atoms with Gasteiger partial charge in [-0.15, -0.1) is 11.3 Å². The fraction of sp³-hybridized carbons (Fsp3) is 0.227. The van der Waals surface area contributed by atoms with Crippen molar-refractivity contribution in [1.29, 1.82) is 0 Å². The Morgan fingerprint density at radius 3 is 2.74 bits per heavy atom. The summed E-state index contributed by atoms with van der Waals surface area (Å²) >= 11 is 1.50. The average Bonchev–Trinajstić information content (AvgIpc) is 3.13. The molecule has 0 fully saturated rings. The molecule has 0 aliphatic heterocycles. The van der Waals surface area contributed by atoms with Gasteiger partial charge in [-0.05, 0) is 61.1 Å². The number of ketones is 1. The molecule has 136 valence electrons. The van der Waals surface area contributed by atoms with E-state index in [9.17, 15) is 9.59 Å². The Labute approximate surface area is 161 Å². The van der Waals surface area contributed by atoms with Crippen LogP contribution in [0.15, 0.2) is 48.5 Å². The summed E-state index contributed by atoms with van der Waals surface area (Å²) in [5, 5.41) is 0.731. The Hall–Kier alpha value is -2.79. The number of nitrogens with zero attached hydrogens (tertiary/aromatic N) is 1. The largest absolute Gasteiger partial charge is 0.454 e. The van der Waals surface area contributed by atoms with Gasteiger partial charge in [-0.3, -0.25) is 4.79 Å². The third kappa shape index (κ3) is 4.14. The monoisotopic (exact) mass is 377 g/mol. The van der Waals surface area contributed by atoms with Crippen molar-refractivity contribution in [3.63, 3.8) is 0 Å². The summed E-state index contributed by atoms with van der Waals surface area (Å²) in [6, 6.07) is 13.6. The number of hydrogen-bond donors (Lipinski definition) is 0. The standard InChI is InChI=1S/C22H19NO3S/c24-19(17-10-9-15-5-1-2-6-16(15)13-17)14-26-22(25)12-11-21-23-18-7-3-4-8-20(18)27-21/h3-4,7-13H,1-2,5-6,14H2/b12-11+. The second kappa shape index (κ2) is 7.84. The molecule has 0 saturated heterocycles. The summed E-state index contributed by atoms with van der Waals surface area (Å²) in [4.78, 5) is 28.7. The maximum Gasteiger partial charge on any atom is 0.331 e. The predicted octanol–water partition coefficient (Wildman–Crippen LogP) is 4.61. The molecule has 0 N–H and O–H groups in total. The second-order valence-electron chi connectivity index (χ2n) is 6.57. The first-order valence-electron chi connectivity index (χ1n) is 9.04. The van der Waals surface area contributed by atoms with Crippen LogP contribution in [0.1, 0.15) is 39.3 Å². The number of carbonyl (C=O) groups excluding carboxylic acids is 2. The highest BCUT2D eigenvalue weighted by Crippen LogP contribution is 2.23. The van der Waals surface area contributed by atoms with Crippen molar-refractivity contribution in [3.8, 4) is 0 Å². The van der Waals surface area contributed by atoms with Gasteiger partial charge in [0, 0.05) is 11.6 Å². The Bertz CT molecular complexity index is 1000. The average molecular weight is 377 g/mol. The van der Waals surface area contributed by atoms with Gasteiger partial charge in [0.05, 0.1) is 10.2 Å². The highest BCUT2D eigenvalue weighted by molar-refractivity contribution is 7.19. The number of Topliss-reactive ketones (excluding diaryl/α,β-unsaturated/α-hetero) is 1. The Balaban J connectivity index is 1.35. The number of hydrogen-bond acceptors (Lipinski definition) is 5. The topological polar surface area (TPSA) is 56.3 Å². The molecule has 4 nitrogen and oxygen atoms in total. The number of para-hydroxylation sites is 1.